The van der Waals surface area contributed by atoms with Crippen LogP contribution >= 0.6 is 23.2 Å². The number of rotatable bonds is 9. The number of carbonyl (C=O) groups excluding carboxylic acids is 2. The second-order valence-corrected chi connectivity index (χ2v) is 10.9. The van der Waals surface area contributed by atoms with Crippen molar-refractivity contribution in [2.75, 3.05) is 17.9 Å². The van der Waals surface area contributed by atoms with Gasteiger partial charge in [-0.2, -0.15) is 0 Å². The van der Waals surface area contributed by atoms with Gasteiger partial charge in [0.2, 0.25) is 11.8 Å². The highest BCUT2D eigenvalue weighted by molar-refractivity contribution is 7.92. The van der Waals surface area contributed by atoms with E-state index in [9.17, 15) is 18.0 Å². The first-order chi connectivity index (χ1) is 17.0. The third kappa shape index (κ3) is 6.37. The van der Waals surface area contributed by atoms with E-state index in [1.807, 2.05) is 31.2 Å². The Bertz CT molecular complexity index is 1350. The number of hydrogen-bond acceptors (Lipinski definition) is 4. The molecule has 0 heterocycles. The number of halogens is 2. The summed E-state index contributed by atoms with van der Waals surface area (Å²) in [5, 5.41) is 2.91. The highest BCUT2D eigenvalue weighted by atomic mass is 35.5. The molecule has 0 spiro atoms. The van der Waals surface area contributed by atoms with Crippen LogP contribution in [0.2, 0.25) is 10.0 Å². The molecule has 0 saturated heterocycles. The van der Waals surface area contributed by atoms with E-state index in [0.29, 0.717) is 0 Å². The fourth-order valence-electron chi connectivity index (χ4n) is 3.71. The van der Waals surface area contributed by atoms with Gasteiger partial charge in [-0.15, -0.1) is 0 Å². The molecule has 0 aliphatic rings. The van der Waals surface area contributed by atoms with Crippen molar-refractivity contribution in [2.24, 2.45) is 0 Å². The maximum Gasteiger partial charge on any atom is 0.264 e. The average Bonchev–Trinajstić information content (AvgIpc) is 2.86. The van der Waals surface area contributed by atoms with Crippen LogP contribution in [-0.4, -0.2) is 44.8 Å². The number of nitrogens with zero attached hydrogens (tertiary/aromatic N) is 2. The summed E-state index contributed by atoms with van der Waals surface area (Å²) in [5.41, 5.74) is 1.85. The average molecular weight is 548 g/mol. The van der Waals surface area contributed by atoms with E-state index in [-0.39, 0.29) is 33.1 Å². The Labute approximate surface area is 221 Å². The number of benzene rings is 3. The van der Waals surface area contributed by atoms with Gasteiger partial charge in [0.15, 0.2) is 0 Å². The molecule has 1 atom stereocenters. The summed E-state index contributed by atoms with van der Waals surface area (Å²) in [6.45, 7) is 3.03. The number of anilines is 1. The summed E-state index contributed by atoms with van der Waals surface area (Å²) in [6.07, 6.45) is 0. The van der Waals surface area contributed by atoms with Gasteiger partial charge in [-0.05, 0) is 49.7 Å². The van der Waals surface area contributed by atoms with Gasteiger partial charge in [0.25, 0.3) is 10.0 Å². The molecule has 1 N–H and O–H groups in total. The first-order valence-electron chi connectivity index (χ1n) is 11.1. The van der Waals surface area contributed by atoms with Gasteiger partial charge in [-0.1, -0.05) is 71.2 Å². The second-order valence-electron chi connectivity index (χ2n) is 8.22. The van der Waals surface area contributed by atoms with Gasteiger partial charge in [-0.25, -0.2) is 8.42 Å². The first kappa shape index (κ1) is 27.5. The topological polar surface area (TPSA) is 86.8 Å². The molecule has 2 amide bonds. The predicted molar refractivity (Wildman–Crippen MR) is 143 cm³/mol. The van der Waals surface area contributed by atoms with Gasteiger partial charge >= 0.3 is 0 Å². The van der Waals surface area contributed by atoms with Crippen LogP contribution in [0.25, 0.3) is 0 Å². The minimum absolute atomic E-state index is 0.0153. The lowest BCUT2D eigenvalue weighted by Gasteiger charge is -2.32. The molecule has 3 aromatic carbocycles. The third-order valence-electron chi connectivity index (χ3n) is 5.64. The molecule has 1 unspecified atom stereocenters. The lowest BCUT2D eigenvalue weighted by Crippen LogP contribution is -2.50. The second kappa shape index (κ2) is 11.8. The molecule has 0 bridgehead atoms. The van der Waals surface area contributed by atoms with E-state index in [0.717, 1.165) is 15.4 Å². The maximum atomic E-state index is 13.7. The largest absolute Gasteiger partial charge is 0.357 e. The number of likely N-dealkylation sites (N-methyl/N-ethyl adjacent to an activating group) is 1. The number of sulfonamides is 1. The smallest absolute Gasteiger partial charge is 0.264 e. The fourth-order valence-corrected chi connectivity index (χ4v) is 5.59. The lowest BCUT2D eigenvalue weighted by molar-refractivity contribution is -0.139. The minimum Gasteiger partial charge on any atom is -0.357 e. The van der Waals surface area contributed by atoms with Gasteiger partial charge in [0.1, 0.15) is 12.6 Å². The van der Waals surface area contributed by atoms with Crippen molar-refractivity contribution in [2.45, 2.75) is 31.3 Å². The Hall–Kier alpha value is -3.07. The highest BCUT2D eigenvalue weighted by Gasteiger charge is 2.33. The van der Waals surface area contributed by atoms with Gasteiger partial charge in [0, 0.05) is 18.6 Å². The van der Waals surface area contributed by atoms with Crippen molar-refractivity contribution >= 4 is 50.7 Å². The van der Waals surface area contributed by atoms with E-state index in [2.05, 4.69) is 5.32 Å². The van der Waals surface area contributed by atoms with Crippen LogP contribution in [0.1, 0.15) is 18.1 Å². The first-order valence-corrected chi connectivity index (χ1v) is 13.3. The Morgan fingerprint density at radius 3 is 2.31 bits per heavy atom. The van der Waals surface area contributed by atoms with Gasteiger partial charge in [0.05, 0.1) is 15.6 Å². The van der Waals surface area contributed by atoms with E-state index in [4.69, 9.17) is 23.2 Å². The number of nitrogens with one attached hydrogen (secondary N) is 1. The normalized spacial score (nSPS) is 12.0. The standard InChI is InChI=1S/C26H27Cl2N3O4S/c1-18-8-7-9-20(14-18)16-30(19(2)26(33)29-3)25(32)17-31(24-15-21(27)12-13-23(24)28)36(34,35)22-10-5-4-6-11-22/h4-15,19H,16-17H2,1-3H3,(H,29,33). The Balaban J connectivity index is 2.07. The SMILES string of the molecule is CNC(=O)C(C)N(Cc1cccc(C)c1)C(=O)CN(c1cc(Cl)ccc1Cl)S(=O)(=O)c1ccccc1. The van der Waals surface area contributed by atoms with Crippen LogP contribution in [0.3, 0.4) is 0 Å². The minimum atomic E-state index is -4.21. The molecular formula is C26H27Cl2N3O4S. The van der Waals surface area contributed by atoms with Crippen LogP contribution in [-0.2, 0) is 26.2 Å². The zero-order valence-corrected chi connectivity index (χ0v) is 22.4. The summed E-state index contributed by atoms with van der Waals surface area (Å²) in [5.74, 6) is -0.961. The molecule has 36 heavy (non-hydrogen) atoms. The number of aryl methyl sites for hydroxylation is 1. The lowest BCUT2D eigenvalue weighted by atomic mass is 10.1. The fraction of sp³-hybridized carbons (Fsp3) is 0.231. The van der Waals surface area contributed by atoms with Gasteiger partial charge < -0.3 is 10.2 Å². The van der Waals surface area contributed by atoms with E-state index < -0.39 is 28.5 Å². The summed E-state index contributed by atoms with van der Waals surface area (Å²) >= 11 is 12.5. The van der Waals surface area contributed by atoms with E-state index >= 15 is 0 Å². The molecule has 0 aromatic heterocycles. The summed E-state index contributed by atoms with van der Waals surface area (Å²) in [6, 6.07) is 18.8. The Morgan fingerprint density at radius 1 is 0.972 bits per heavy atom. The highest BCUT2D eigenvalue weighted by Crippen LogP contribution is 2.33. The summed E-state index contributed by atoms with van der Waals surface area (Å²) in [7, 11) is -2.73. The van der Waals surface area contributed by atoms with Crippen LogP contribution in [0.5, 0.6) is 0 Å². The van der Waals surface area contributed by atoms with E-state index in [1.165, 1.54) is 42.3 Å². The van der Waals surface area contributed by atoms with Crippen molar-refractivity contribution in [3.05, 3.63) is 94.0 Å². The van der Waals surface area contributed by atoms with Crippen LogP contribution in [0, 0.1) is 6.92 Å². The summed E-state index contributed by atoms with van der Waals surface area (Å²) in [4.78, 5) is 27.6. The molecule has 7 nitrogen and oxygen atoms in total. The molecule has 0 aliphatic carbocycles. The molecule has 10 heteroatoms. The van der Waals surface area contributed by atoms with Crippen molar-refractivity contribution in [3.8, 4) is 0 Å². The molecule has 0 aliphatic heterocycles. The number of carbonyl (C=O) groups is 2. The summed E-state index contributed by atoms with van der Waals surface area (Å²) < 4.78 is 28.3. The molecular weight excluding hydrogens is 521 g/mol. The van der Waals surface area contributed by atoms with E-state index in [1.54, 1.807) is 25.1 Å². The number of amides is 2. The zero-order chi connectivity index (χ0) is 26.5. The molecule has 190 valence electrons. The molecule has 0 saturated carbocycles. The molecule has 0 radical (unpaired) electrons. The quantitative estimate of drug-likeness (QED) is 0.422. The van der Waals surface area contributed by atoms with Crippen molar-refractivity contribution < 1.29 is 18.0 Å². The van der Waals surface area contributed by atoms with Crippen LogP contribution < -0.4 is 9.62 Å². The molecule has 0 fully saturated rings. The predicted octanol–water partition coefficient (Wildman–Crippen LogP) is 4.66. The Morgan fingerprint density at radius 2 is 1.67 bits per heavy atom. The van der Waals surface area contributed by atoms with Crippen molar-refractivity contribution in [3.63, 3.8) is 0 Å². The maximum absolute atomic E-state index is 13.7. The van der Waals surface area contributed by atoms with Crippen molar-refractivity contribution in [1.29, 1.82) is 0 Å². The number of hydrogen-bond donors (Lipinski definition) is 1. The third-order valence-corrected chi connectivity index (χ3v) is 7.96. The van der Waals surface area contributed by atoms with Crippen molar-refractivity contribution in [1.82, 2.24) is 10.2 Å². The zero-order valence-electron chi connectivity index (χ0n) is 20.1. The van der Waals surface area contributed by atoms with Crippen LogP contribution in [0.4, 0.5) is 5.69 Å². The molecule has 3 aromatic rings. The van der Waals surface area contributed by atoms with Gasteiger partial charge in [-0.3, -0.25) is 13.9 Å². The van der Waals surface area contributed by atoms with Crippen LogP contribution in [0.15, 0.2) is 77.7 Å². The Kier molecular flexibility index (Phi) is 9.00. The molecule has 3 rings (SSSR count). The monoisotopic (exact) mass is 547 g/mol.